The molecule has 3 aromatic rings. The van der Waals surface area contributed by atoms with Crippen LogP contribution in [0.25, 0.3) is 0 Å². The Morgan fingerprint density at radius 2 is 1.93 bits per heavy atom. The molecular weight excluding hydrogens is 360 g/mol. The number of aromatic nitrogens is 3. The number of rotatable bonds is 7. The molecular formula is C19H24N6OS. The molecule has 0 amide bonds. The van der Waals surface area contributed by atoms with E-state index in [9.17, 15) is 0 Å². The molecule has 0 atom stereocenters. The fourth-order valence-corrected chi connectivity index (χ4v) is 3.07. The van der Waals surface area contributed by atoms with E-state index in [2.05, 4.69) is 32.3 Å². The van der Waals surface area contributed by atoms with Gasteiger partial charge in [0.05, 0.1) is 26.7 Å². The van der Waals surface area contributed by atoms with E-state index in [1.54, 1.807) is 18.4 Å². The minimum absolute atomic E-state index is 0.552. The van der Waals surface area contributed by atoms with Crippen molar-refractivity contribution in [1.82, 2.24) is 25.4 Å². The highest BCUT2D eigenvalue weighted by Gasteiger charge is 2.07. The summed E-state index contributed by atoms with van der Waals surface area (Å²) in [5, 5.41) is 17.1. The quantitative estimate of drug-likeness (QED) is 0.484. The first-order valence-corrected chi connectivity index (χ1v) is 9.56. The zero-order valence-electron chi connectivity index (χ0n) is 15.8. The van der Waals surface area contributed by atoms with Crippen molar-refractivity contribution >= 4 is 17.3 Å². The van der Waals surface area contributed by atoms with Gasteiger partial charge in [-0.2, -0.15) is 0 Å². The number of hydrogen-bond acceptors (Lipinski definition) is 5. The van der Waals surface area contributed by atoms with Gasteiger partial charge in [0.2, 0.25) is 0 Å². The molecule has 3 rings (SSSR count). The zero-order valence-corrected chi connectivity index (χ0v) is 16.6. The van der Waals surface area contributed by atoms with E-state index >= 15 is 0 Å². The summed E-state index contributed by atoms with van der Waals surface area (Å²) in [7, 11) is 3.62. The second-order valence-electron chi connectivity index (χ2n) is 6.02. The number of nitrogens with one attached hydrogen (secondary N) is 2. The van der Waals surface area contributed by atoms with E-state index in [-0.39, 0.29) is 0 Å². The normalized spacial score (nSPS) is 11.4. The third-order valence-electron chi connectivity index (χ3n) is 4.19. The summed E-state index contributed by atoms with van der Waals surface area (Å²) in [6.45, 7) is 3.78. The van der Waals surface area contributed by atoms with Gasteiger partial charge < -0.3 is 19.9 Å². The Bertz CT molecular complexity index is 870. The number of guanidine groups is 1. The Morgan fingerprint density at radius 3 is 2.56 bits per heavy atom. The van der Waals surface area contributed by atoms with Crippen molar-refractivity contribution in [3.8, 4) is 5.75 Å². The van der Waals surface area contributed by atoms with Crippen LogP contribution in [0.5, 0.6) is 5.75 Å². The first-order valence-electron chi connectivity index (χ1n) is 8.68. The van der Waals surface area contributed by atoms with Gasteiger partial charge in [0.15, 0.2) is 11.8 Å². The Hall–Kier alpha value is -2.87. The summed E-state index contributed by atoms with van der Waals surface area (Å²) in [6.07, 6.45) is 0. The van der Waals surface area contributed by atoms with Crippen molar-refractivity contribution < 1.29 is 4.74 Å². The topological polar surface area (TPSA) is 76.4 Å². The summed E-state index contributed by atoms with van der Waals surface area (Å²) >= 11 is 1.72. The first-order chi connectivity index (χ1) is 13.2. The minimum atomic E-state index is 0.552. The molecule has 0 saturated heterocycles. The van der Waals surface area contributed by atoms with Crippen LogP contribution in [0, 0.1) is 6.92 Å². The zero-order chi connectivity index (χ0) is 19.1. The molecule has 2 aromatic heterocycles. The molecule has 1 aromatic carbocycles. The molecule has 0 fully saturated rings. The van der Waals surface area contributed by atoms with Crippen LogP contribution < -0.4 is 15.4 Å². The molecule has 0 saturated carbocycles. The molecule has 0 aliphatic rings. The Labute approximate surface area is 163 Å². The van der Waals surface area contributed by atoms with Crippen molar-refractivity contribution in [3.05, 3.63) is 63.9 Å². The number of aryl methyl sites for hydroxylation is 1. The van der Waals surface area contributed by atoms with Crippen LogP contribution in [0.2, 0.25) is 0 Å². The summed E-state index contributed by atoms with van der Waals surface area (Å²) in [4.78, 5) is 5.95. The Morgan fingerprint density at radius 1 is 1.15 bits per heavy atom. The van der Waals surface area contributed by atoms with Crippen LogP contribution in [0.1, 0.15) is 22.1 Å². The second-order valence-corrected chi connectivity index (χ2v) is 7.05. The summed E-state index contributed by atoms with van der Waals surface area (Å²) in [5.74, 6) is 3.33. The molecule has 2 heterocycles. The van der Waals surface area contributed by atoms with Crippen LogP contribution in [-0.4, -0.2) is 27.8 Å². The maximum absolute atomic E-state index is 5.20. The van der Waals surface area contributed by atoms with Gasteiger partial charge in [-0.05, 0) is 36.1 Å². The van der Waals surface area contributed by atoms with Crippen molar-refractivity contribution in [1.29, 1.82) is 0 Å². The Kier molecular flexibility index (Phi) is 6.43. The lowest BCUT2D eigenvalue weighted by Gasteiger charge is -2.12. The smallest absolute Gasteiger partial charge is 0.192 e. The molecule has 0 aliphatic carbocycles. The van der Waals surface area contributed by atoms with Gasteiger partial charge in [-0.15, -0.1) is 21.5 Å². The number of ether oxygens (including phenoxy) is 1. The third-order valence-corrected chi connectivity index (χ3v) is 5.06. The standard InChI is InChI=1S/C19H24N6OS/c1-14-23-24-18(25(14)2)13-22-19(21-12-17-5-4-10-27-17)20-11-15-6-8-16(26-3)9-7-15/h4-10H,11-13H2,1-3H3,(H2,20,21,22). The number of benzene rings is 1. The molecule has 0 spiro atoms. The fourth-order valence-electron chi connectivity index (χ4n) is 2.43. The molecule has 8 heteroatoms. The molecule has 0 radical (unpaired) electrons. The van der Waals surface area contributed by atoms with Crippen LogP contribution in [-0.2, 0) is 26.7 Å². The van der Waals surface area contributed by atoms with E-state index < -0.39 is 0 Å². The molecule has 2 N–H and O–H groups in total. The van der Waals surface area contributed by atoms with E-state index in [1.807, 2.05) is 48.9 Å². The number of nitrogens with zero attached hydrogens (tertiary/aromatic N) is 4. The highest BCUT2D eigenvalue weighted by molar-refractivity contribution is 7.09. The maximum atomic E-state index is 5.20. The van der Waals surface area contributed by atoms with Gasteiger partial charge in [0.1, 0.15) is 11.6 Å². The number of thiophene rings is 1. The molecule has 0 bridgehead atoms. The molecule has 7 nitrogen and oxygen atoms in total. The predicted octanol–water partition coefficient (Wildman–Crippen LogP) is 2.63. The highest BCUT2D eigenvalue weighted by Crippen LogP contribution is 2.12. The van der Waals surface area contributed by atoms with Crippen LogP contribution >= 0.6 is 11.3 Å². The van der Waals surface area contributed by atoms with E-state index in [4.69, 9.17) is 9.73 Å². The van der Waals surface area contributed by atoms with Crippen molar-refractivity contribution in [2.24, 2.45) is 12.0 Å². The van der Waals surface area contributed by atoms with Gasteiger partial charge in [0.25, 0.3) is 0 Å². The van der Waals surface area contributed by atoms with Gasteiger partial charge >= 0.3 is 0 Å². The summed E-state index contributed by atoms with van der Waals surface area (Å²) in [6, 6.07) is 12.1. The molecule has 27 heavy (non-hydrogen) atoms. The fraction of sp³-hybridized carbons (Fsp3) is 0.316. The van der Waals surface area contributed by atoms with E-state index in [1.165, 1.54) is 4.88 Å². The minimum Gasteiger partial charge on any atom is -0.497 e. The van der Waals surface area contributed by atoms with Crippen LogP contribution in [0.4, 0.5) is 0 Å². The van der Waals surface area contributed by atoms with Crippen LogP contribution in [0.3, 0.4) is 0 Å². The first kappa shape index (κ1) is 18.9. The van der Waals surface area contributed by atoms with Crippen molar-refractivity contribution in [2.75, 3.05) is 7.11 Å². The summed E-state index contributed by atoms with van der Waals surface area (Å²) < 4.78 is 7.17. The molecule has 142 valence electrons. The summed E-state index contributed by atoms with van der Waals surface area (Å²) in [5.41, 5.74) is 1.11. The van der Waals surface area contributed by atoms with Gasteiger partial charge in [-0.1, -0.05) is 18.2 Å². The number of aliphatic imine (C=N–C) groups is 1. The van der Waals surface area contributed by atoms with Gasteiger partial charge in [0, 0.05) is 11.9 Å². The van der Waals surface area contributed by atoms with Crippen molar-refractivity contribution in [2.45, 2.75) is 26.6 Å². The lowest BCUT2D eigenvalue weighted by Crippen LogP contribution is -2.37. The number of hydrogen-bond donors (Lipinski definition) is 2. The monoisotopic (exact) mass is 384 g/mol. The highest BCUT2D eigenvalue weighted by atomic mass is 32.1. The average Bonchev–Trinajstić information content (AvgIpc) is 3.33. The van der Waals surface area contributed by atoms with Crippen LogP contribution in [0.15, 0.2) is 46.8 Å². The Balaban J connectivity index is 1.66. The maximum Gasteiger partial charge on any atom is 0.192 e. The molecule has 0 unspecified atom stereocenters. The van der Waals surface area contributed by atoms with Crippen molar-refractivity contribution in [3.63, 3.8) is 0 Å². The van der Waals surface area contributed by atoms with Gasteiger partial charge in [-0.3, -0.25) is 0 Å². The third kappa shape index (κ3) is 5.30. The molecule has 0 aliphatic heterocycles. The average molecular weight is 385 g/mol. The SMILES string of the molecule is COc1ccc(CN=C(NCc2cccs2)NCc2nnc(C)n2C)cc1. The second kappa shape index (κ2) is 9.18. The van der Waals surface area contributed by atoms with Gasteiger partial charge in [-0.25, -0.2) is 4.99 Å². The lowest BCUT2D eigenvalue weighted by molar-refractivity contribution is 0.414. The van der Waals surface area contributed by atoms with E-state index in [0.29, 0.717) is 13.1 Å². The lowest BCUT2D eigenvalue weighted by atomic mass is 10.2. The van der Waals surface area contributed by atoms with E-state index in [0.717, 1.165) is 35.5 Å². The predicted molar refractivity (Wildman–Crippen MR) is 108 cm³/mol. The number of methoxy groups -OCH3 is 1. The largest absolute Gasteiger partial charge is 0.497 e.